The zero-order chi connectivity index (χ0) is 23.0. The Balaban J connectivity index is 2.16. The monoisotopic (exact) mass is 483 g/mol. The minimum absolute atomic E-state index is 0.203. The minimum atomic E-state index is -3.13. The van der Waals surface area contributed by atoms with E-state index in [1.807, 2.05) is 29.8 Å². The Morgan fingerprint density at radius 3 is 2.48 bits per heavy atom. The van der Waals surface area contributed by atoms with E-state index in [0.29, 0.717) is 35.8 Å². The highest BCUT2D eigenvalue weighted by Gasteiger charge is 2.36. The molecule has 1 atom stereocenters. The fourth-order valence-electron chi connectivity index (χ4n) is 3.94. The molecule has 0 spiro atoms. The predicted molar refractivity (Wildman–Crippen MR) is 130 cm³/mol. The lowest BCUT2D eigenvalue weighted by atomic mass is 9.94. The van der Waals surface area contributed by atoms with Gasteiger partial charge in [0.25, 0.3) is 0 Å². The van der Waals surface area contributed by atoms with Crippen LogP contribution in [0.5, 0.6) is 0 Å². The Kier molecular flexibility index (Phi) is 7.27. The molecule has 170 valence electrons. The number of rotatable bonds is 6. The molecule has 0 saturated carbocycles. The van der Waals surface area contributed by atoms with Crippen molar-refractivity contribution in [3.8, 4) is 0 Å². The molecule has 1 fully saturated rings. The van der Waals surface area contributed by atoms with Crippen LogP contribution in [0, 0.1) is 12.8 Å². The molecule has 1 aromatic carbocycles. The predicted octanol–water partition coefficient (Wildman–Crippen LogP) is 6.17. The second-order valence-corrected chi connectivity index (χ2v) is 13.5. The molecule has 2 heterocycles. The number of aryl methyl sites for hydroxylation is 1. The first-order valence-corrected chi connectivity index (χ1v) is 13.8. The molecule has 1 aliphatic rings. The molecule has 5 nitrogen and oxygen atoms in total. The van der Waals surface area contributed by atoms with Crippen molar-refractivity contribution in [2.75, 3.05) is 31.1 Å². The Morgan fingerprint density at radius 2 is 1.94 bits per heavy atom. The summed E-state index contributed by atoms with van der Waals surface area (Å²) in [5.41, 5.74) is 1.19. The summed E-state index contributed by atoms with van der Waals surface area (Å²) in [5.74, 6) is -0.699. The Morgan fingerprint density at radius 1 is 1.29 bits per heavy atom. The number of carbonyl (C=O) groups is 1. The van der Waals surface area contributed by atoms with Gasteiger partial charge in [-0.1, -0.05) is 32.4 Å². The number of aromatic carboxylic acids is 1. The first kappa shape index (κ1) is 24.3. The molecule has 0 radical (unpaired) electrons. The van der Waals surface area contributed by atoms with Gasteiger partial charge in [-0.3, -0.25) is 4.57 Å². The molecule has 1 saturated heterocycles. The molecule has 1 aromatic heterocycles. The normalized spacial score (nSPS) is 17.4. The highest BCUT2D eigenvalue weighted by Crippen LogP contribution is 2.52. The fourth-order valence-corrected chi connectivity index (χ4v) is 7.74. The van der Waals surface area contributed by atoms with Gasteiger partial charge in [0.2, 0.25) is 0 Å². The summed E-state index contributed by atoms with van der Waals surface area (Å²) in [6.45, 7) is 11.7. The minimum Gasteiger partial charge on any atom is -0.477 e. The molecule has 3 rings (SSSR count). The number of halogens is 1. The highest BCUT2D eigenvalue weighted by molar-refractivity contribution is 7.72. The van der Waals surface area contributed by atoms with Crippen LogP contribution >= 0.6 is 30.2 Å². The molecular formula is C23H31ClNO4PS. The lowest BCUT2D eigenvalue weighted by Gasteiger charge is -2.36. The fraction of sp³-hybridized carbons (Fsp3) is 0.522. The number of hydrogen-bond donors (Lipinski definition) is 1. The van der Waals surface area contributed by atoms with Crippen molar-refractivity contribution in [2.45, 2.75) is 46.0 Å². The van der Waals surface area contributed by atoms with Crippen LogP contribution in [0.15, 0.2) is 24.3 Å². The molecule has 1 N–H and O–H groups in total. The van der Waals surface area contributed by atoms with Crippen LogP contribution in [-0.2, 0) is 14.7 Å². The van der Waals surface area contributed by atoms with Crippen molar-refractivity contribution in [1.29, 1.82) is 0 Å². The van der Waals surface area contributed by atoms with E-state index < -0.39 is 13.3 Å². The number of ether oxygens (including phenoxy) is 1. The van der Waals surface area contributed by atoms with Gasteiger partial charge in [-0.25, -0.2) is 4.79 Å². The van der Waals surface area contributed by atoms with Crippen molar-refractivity contribution in [2.24, 2.45) is 5.92 Å². The number of carboxylic acids is 1. The van der Waals surface area contributed by atoms with E-state index in [-0.39, 0.29) is 16.2 Å². The maximum atomic E-state index is 14.4. The van der Waals surface area contributed by atoms with E-state index in [0.717, 1.165) is 23.3 Å². The van der Waals surface area contributed by atoms with Crippen LogP contribution in [0.1, 0.15) is 53.7 Å². The average molecular weight is 484 g/mol. The van der Waals surface area contributed by atoms with Gasteiger partial charge in [-0.05, 0) is 60.9 Å². The molecule has 0 bridgehead atoms. The third-order valence-electron chi connectivity index (χ3n) is 5.76. The van der Waals surface area contributed by atoms with Crippen LogP contribution in [-0.4, -0.2) is 37.5 Å². The van der Waals surface area contributed by atoms with E-state index in [4.69, 9.17) is 16.3 Å². The first-order valence-electron chi connectivity index (χ1n) is 10.5. The van der Waals surface area contributed by atoms with Gasteiger partial charge in [0.1, 0.15) is 4.88 Å². The summed E-state index contributed by atoms with van der Waals surface area (Å²) in [4.78, 5) is 13.4. The number of thiophene rings is 1. The largest absolute Gasteiger partial charge is 0.477 e. The molecule has 8 heteroatoms. The maximum absolute atomic E-state index is 14.4. The summed E-state index contributed by atoms with van der Waals surface area (Å²) < 4.78 is 21.8. The van der Waals surface area contributed by atoms with E-state index >= 15 is 0 Å². The summed E-state index contributed by atoms with van der Waals surface area (Å²) in [6.07, 6.45) is 1.74. The van der Waals surface area contributed by atoms with Gasteiger partial charge < -0.3 is 14.5 Å². The number of anilines is 1. The van der Waals surface area contributed by atoms with E-state index in [1.165, 1.54) is 11.3 Å². The van der Waals surface area contributed by atoms with Gasteiger partial charge in [-0.15, -0.1) is 11.3 Å². The topological polar surface area (TPSA) is 66.8 Å². The van der Waals surface area contributed by atoms with Crippen LogP contribution < -0.4 is 9.97 Å². The second-order valence-electron chi connectivity index (χ2n) is 9.33. The van der Waals surface area contributed by atoms with Gasteiger partial charge in [0.15, 0.2) is 7.29 Å². The summed E-state index contributed by atoms with van der Waals surface area (Å²) in [5, 5.41) is 11.3. The lowest BCUT2D eigenvalue weighted by molar-refractivity contribution is 0.0685. The maximum Gasteiger partial charge on any atom is 0.348 e. The Labute approximate surface area is 193 Å². The highest BCUT2D eigenvalue weighted by atomic mass is 35.5. The molecule has 1 aliphatic heterocycles. The quantitative estimate of drug-likeness (QED) is 0.497. The third kappa shape index (κ3) is 5.36. The number of benzene rings is 1. The van der Waals surface area contributed by atoms with Crippen molar-refractivity contribution in [3.05, 3.63) is 44.6 Å². The molecular weight excluding hydrogens is 453 g/mol. The van der Waals surface area contributed by atoms with Crippen LogP contribution in [0.2, 0.25) is 5.02 Å². The van der Waals surface area contributed by atoms with Crippen molar-refractivity contribution in [1.82, 2.24) is 0 Å². The summed E-state index contributed by atoms with van der Waals surface area (Å²) in [6, 6.07) is 7.30. The van der Waals surface area contributed by atoms with Gasteiger partial charge in [0, 0.05) is 41.6 Å². The van der Waals surface area contributed by atoms with Gasteiger partial charge in [-0.2, -0.15) is 0 Å². The number of nitrogens with zero attached hydrogens (tertiary/aromatic N) is 1. The smallest absolute Gasteiger partial charge is 0.348 e. The third-order valence-corrected chi connectivity index (χ3v) is 10.2. The summed E-state index contributed by atoms with van der Waals surface area (Å²) >= 11 is 7.42. The zero-order valence-corrected chi connectivity index (χ0v) is 21.2. The Hall–Kier alpha value is -1.33. The van der Waals surface area contributed by atoms with Crippen molar-refractivity contribution < 1.29 is 19.2 Å². The molecule has 31 heavy (non-hydrogen) atoms. The van der Waals surface area contributed by atoms with Gasteiger partial charge >= 0.3 is 5.97 Å². The number of carboxylic acid groups (broad SMARTS) is 1. The van der Waals surface area contributed by atoms with Crippen LogP contribution in [0.25, 0.3) is 0 Å². The summed E-state index contributed by atoms with van der Waals surface area (Å²) in [7, 11) is -3.13. The van der Waals surface area contributed by atoms with E-state index in [9.17, 15) is 14.5 Å². The van der Waals surface area contributed by atoms with Crippen molar-refractivity contribution in [3.63, 3.8) is 0 Å². The van der Waals surface area contributed by atoms with Crippen LogP contribution in [0.3, 0.4) is 0 Å². The molecule has 2 aromatic rings. The van der Waals surface area contributed by atoms with Crippen LogP contribution in [0.4, 0.5) is 5.69 Å². The standard InChI is InChI=1S/C23H31ClNO4PS/c1-15-12-17(24)6-7-19(15)30(5,28)25(14-16-8-10-29-11-9-16)18-13-20(23(2,3)4)31-21(18)22(26)27/h6-7,12-13,16H,8-11,14H2,1-5H3,(H,26,27). The van der Waals surface area contributed by atoms with E-state index in [2.05, 4.69) is 20.8 Å². The lowest BCUT2D eigenvalue weighted by Crippen LogP contribution is -2.34. The molecule has 0 aliphatic carbocycles. The Bertz CT molecular complexity index is 1010. The van der Waals surface area contributed by atoms with Crippen molar-refractivity contribution >= 4 is 47.2 Å². The average Bonchev–Trinajstić information content (AvgIpc) is 3.12. The SMILES string of the molecule is Cc1cc(Cl)ccc1P(C)(=O)N(CC1CCOCC1)c1cc(C(C)(C)C)sc1C(=O)O. The zero-order valence-electron chi connectivity index (χ0n) is 18.8. The van der Waals surface area contributed by atoms with Gasteiger partial charge in [0.05, 0.1) is 5.69 Å². The number of hydrogen-bond acceptors (Lipinski definition) is 4. The second kappa shape index (κ2) is 9.27. The molecule has 0 amide bonds. The first-order chi connectivity index (χ1) is 14.4. The molecule has 1 unspecified atom stereocenters. The van der Waals surface area contributed by atoms with E-state index in [1.54, 1.807) is 12.7 Å².